The van der Waals surface area contributed by atoms with Crippen LogP contribution in [-0.4, -0.2) is 19.7 Å². The number of halogens is 1. The number of aryl methyl sites for hydroxylation is 2. The highest BCUT2D eigenvalue weighted by Gasteiger charge is 2.14. The topological polar surface area (TPSA) is 43.6 Å². The van der Waals surface area contributed by atoms with Gasteiger partial charge in [0.05, 0.1) is 11.1 Å². The molecular weight excluding hydrogens is 248 g/mol. The van der Waals surface area contributed by atoms with Crippen molar-refractivity contribution in [2.24, 2.45) is 7.05 Å². The van der Waals surface area contributed by atoms with Gasteiger partial charge < -0.3 is 0 Å². The molecule has 18 heavy (non-hydrogen) atoms. The second-order valence-electron chi connectivity index (χ2n) is 4.11. The minimum Gasteiger partial charge on any atom is -0.250 e. The summed E-state index contributed by atoms with van der Waals surface area (Å²) < 4.78 is 1.73. The first-order valence-electron chi connectivity index (χ1n) is 5.59. The average Bonchev–Trinajstić information content (AvgIpc) is 2.66. The van der Waals surface area contributed by atoms with Crippen molar-refractivity contribution >= 4 is 22.6 Å². The van der Waals surface area contributed by atoms with Gasteiger partial charge in [0.25, 0.3) is 0 Å². The summed E-state index contributed by atoms with van der Waals surface area (Å²) >= 11 is 6.23. The third kappa shape index (κ3) is 1.66. The van der Waals surface area contributed by atoms with Gasteiger partial charge in [-0.2, -0.15) is 5.10 Å². The van der Waals surface area contributed by atoms with Crippen molar-refractivity contribution in [3.05, 3.63) is 41.2 Å². The maximum absolute atomic E-state index is 6.23. The van der Waals surface area contributed by atoms with Gasteiger partial charge in [-0.1, -0.05) is 41.9 Å². The van der Waals surface area contributed by atoms with E-state index in [2.05, 4.69) is 15.1 Å². The van der Waals surface area contributed by atoms with Crippen LogP contribution in [0.4, 0.5) is 0 Å². The zero-order chi connectivity index (χ0) is 12.7. The zero-order valence-corrected chi connectivity index (χ0v) is 10.8. The molecule has 3 rings (SSSR count). The van der Waals surface area contributed by atoms with E-state index in [9.17, 15) is 0 Å². The van der Waals surface area contributed by atoms with Crippen molar-refractivity contribution < 1.29 is 0 Å². The molecule has 0 aliphatic carbocycles. The van der Waals surface area contributed by atoms with Gasteiger partial charge in [-0.15, -0.1) is 0 Å². The van der Waals surface area contributed by atoms with Crippen LogP contribution in [0.15, 0.2) is 30.3 Å². The molecule has 0 unspecified atom stereocenters. The van der Waals surface area contributed by atoms with E-state index in [1.54, 1.807) is 4.68 Å². The first-order chi connectivity index (χ1) is 8.66. The van der Waals surface area contributed by atoms with Crippen molar-refractivity contribution in [2.45, 2.75) is 6.92 Å². The summed E-state index contributed by atoms with van der Waals surface area (Å²) in [6.07, 6.45) is 0. The van der Waals surface area contributed by atoms with Gasteiger partial charge in [0.2, 0.25) is 0 Å². The van der Waals surface area contributed by atoms with E-state index in [4.69, 9.17) is 11.6 Å². The molecule has 4 nitrogen and oxygen atoms in total. The lowest BCUT2D eigenvalue weighted by Crippen LogP contribution is -1.95. The summed E-state index contributed by atoms with van der Waals surface area (Å²) in [6.45, 7) is 1.90. The van der Waals surface area contributed by atoms with Crippen molar-refractivity contribution in [1.82, 2.24) is 19.7 Å². The molecule has 0 saturated carbocycles. The highest BCUT2D eigenvalue weighted by Crippen LogP contribution is 2.26. The van der Waals surface area contributed by atoms with Crippen LogP contribution in [0.2, 0.25) is 5.15 Å². The standard InChI is InChI=1S/C13H11ClN4/c1-8-10-11(14)15-12(9-6-4-3-5-7-9)16-13(10)18(2)17-8/h3-7H,1-2H3. The molecule has 0 fully saturated rings. The van der Waals surface area contributed by atoms with Crippen LogP contribution >= 0.6 is 11.6 Å². The highest BCUT2D eigenvalue weighted by molar-refractivity contribution is 6.34. The number of nitrogens with zero attached hydrogens (tertiary/aromatic N) is 4. The summed E-state index contributed by atoms with van der Waals surface area (Å²) in [6, 6.07) is 9.77. The number of fused-ring (bicyclic) bond motifs is 1. The molecule has 0 amide bonds. The van der Waals surface area contributed by atoms with Crippen LogP contribution < -0.4 is 0 Å². The van der Waals surface area contributed by atoms with Gasteiger partial charge in [0, 0.05) is 12.6 Å². The molecule has 0 aliphatic rings. The Morgan fingerprint density at radius 2 is 1.83 bits per heavy atom. The smallest absolute Gasteiger partial charge is 0.163 e. The number of rotatable bonds is 1. The minimum absolute atomic E-state index is 0.449. The second-order valence-corrected chi connectivity index (χ2v) is 4.47. The Morgan fingerprint density at radius 1 is 1.11 bits per heavy atom. The molecule has 0 aliphatic heterocycles. The summed E-state index contributed by atoms with van der Waals surface area (Å²) in [4.78, 5) is 8.88. The summed E-state index contributed by atoms with van der Waals surface area (Å²) in [7, 11) is 1.85. The molecule has 3 aromatic rings. The summed E-state index contributed by atoms with van der Waals surface area (Å²) in [5, 5.41) is 5.58. The molecule has 0 bridgehead atoms. The average molecular weight is 259 g/mol. The predicted molar refractivity (Wildman–Crippen MR) is 71.5 cm³/mol. The Kier molecular flexibility index (Phi) is 2.52. The van der Waals surface area contributed by atoms with Crippen LogP contribution in [0.1, 0.15) is 5.69 Å². The molecule has 2 heterocycles. The Balaban J connectivity index is 2.31. The number of hydrogen-bond donors (Lipinski definition) is 0. The zero-order valence-electron chi connectivity index (χ0n) is 10.1. The fraction of sp³-hybridized carbons (Fsp3) is 0.154. The van der Waals surface area contributed by atoms with Crippen LogP contribution in [-0.2, 0) is 7.05 Å². The van der Waals surface area contributed by atoms with Gasteiger partial charge in [0.1, 0.15) is 5.15 Å². The first kappa shape index (κ1) is 11.2. The molecule has 0 N–H and O–H groups in total. The minimum atomic E-state index is 0.449. The molecule has 0 atom stereocenters. The third-order valence-corrected chi connectivity index (χ3v) is 3.12. The van der Waals surface area contributed by atoms with Crippen molar-refractivity contribution in [1.29, 1.82) is 0 Å². The van der Waals surface area contributed by atoms with Gasteiger partial charge in [-0.25, -0.2) is 9.97 Å². The normalized spacial score (nSPS) is 11.1. The Bertz CT molecular complexity index is 719. The maximum atomic E-state index is 6.23. The highest BCUT2D eigenvalue weighted by atomic mass is 35.5. The van der Waals surface area contributed by atoms with Crippen molar-refractivity contribution in [3.63, 3.8) is 0 Å². The van der Waals surface area contributed by atoms with Gasteiger partial charge in [-0.3, -0.25) is 4.68 Å². The third-order valence-electron chi connectivity index (χ3n) is 2.85. The molecule has 90 valence electrons. The Hall–Kier alpha value is -1.94. The SMILES string of the molecule is Cc1nn(C)c2nc(-c3ccccc3)nc(Cl)c12. The van der Waals surface area contributed by atoms with E-state index in [1.165, 1.54) is 0 Å². The molecule has 0 spiro atoms. The van der Waals surface area contributed by atoms with E-state index in [0.29, 0.717) is 11.0 Å². The van der Waals surface area contributed by atoms with Gasteiger partial charge in [-0.05, 0) is 6.92 Å². The van der Waals surface area contributed by atoms with Gasteiger partial charge >= 0.3 is 0 Å². The van der Waals surface area contributed by atoms with E-state index in [1.807, 2.05) is 44.3 Å². The molecule has 1 aromatic carbocycles. The maximum Gasteiger partial charge on any atom is 0.163 e. The van der Waals surface area contributed by atoms with Crippen LogP contribution in [0.3, 0.4) is 0 Å². The first-order valence-corrected chi connectivity index (χ1v) is 5.97. The number of hydrogen-bond acceptors (Lipinski definition) is 3. The summed E-state index contributed by atoms with van der Waals surface area (Å²) in [5.41, 5.74) is 2.55. The molecule has 0 radical (unpaired) electrons. The molecule has 2 aromatic heterocycles. The van der Waals surface area contributed by atoms with E-state index >= 15 is 0 Å². The monoisotopic (exact) mass is 258 g/mol. The lowest BCUT2D eigenvalue weighted by molar-refractivity contribution is 0.773. The van der Waals surface area contributed by atoms with Crippen LogP contribution in [0.25, 0.3) is 22.4 Å². The van der Waals surface area contributed by atoms with Gasteiger partial charge in [0.15, 0.2) is 11.5 Å². The van der Waals surface area contributed by atoms with Crippen LogP contribution in [0.5, 0.6) is 0 Å². The second kappa shape index (κ2) is 4.07. The lowest BCUT2D eigenvalue weighted by Gasteiger charge is -2.02. The fourth-order valence-corrected chi connectivity index (χ4v) is 2.31. The quantitative estimate of drug-likeness (QED) is 0.630. The number of benzene rings is 1. The fourth-order valence-electron chi connectivity index (χ4n) is 2.01. The Morgan fingerprint density at radius 3 is 2.56 bits per heavy atom. The molecule has 0 saturated heterocycles. The van der Waals surface area contributed by atoms with E-state index in [0.717, 1.165) is 22.3 Å². The van der Waals surface area contributed by atoms with E-state index < -0.39 is 0 Å². The van der Waals surface area contributed by atoms with E-state index in [-0.39, 0.29) is 0 Å². The lowest BCUT2D eigenvalue weighted by atomic mass is 10.2. The Labute approximate surface area is 109 Å². The number of aromatic nitrogens is 4. The van der Waals surface area contributed by atoms with Crippen molar-refractivity contribution in [3.8, 4) is 11.4 Å². The predicted octanol–water partition coefficient (Wildman–Crippen LogP) is 2.99. The van der Waals surface area contributed by atoms with Crippen molar-refractivity contribution in [2.75, 3.05) is 0 Å². The summed E-state index contributed by atoms with van der Waals surface area (Å²) in [5.74, 6) is 0.621. The molecule has 5 heteroatoms. The molecular formula is C13H11ClN4. The largest absolute Gasteiger partial charge is 0.250 e. The van der Waals surface area contributed by atoms with Crippen LogP contribution in [0, 0.1) is 6.92 Å².